The normalized spacial score (nSPS) is 21.0. The Kier molecular flexibility index (Phi) is 6.15. The van der Waals surface area contributed by atoms with Gasteiger partial charge in [0.2, 0.25) is 0 Å². The number of nitrogens with one attached hydrogen (secondary N) is 1. The monoisotopic (exact) mass is 352 g/mol. The average molecular weight is 353 g/mol. The Bertz CT molecular complexity index is 686. The maximum absolute atomic E-state index is 4.68. The van der Waals surface area contributed by atoms with Gasteiger partial charge in [-0.1, -0.05) is 37.3 Å². The number of nitrogens with zero attached hydrogens (tertiary/aromatic N) is 3. The van der Waals surface area contributed by atoms with Crippen molar-refractivity contribution in [3.8, 4) is 0 Å². The standard InChI is InChI=1S/C22H32N4/c1-17(2)24-20-11-8-13-23-22(20)25(4)21-12-14-26(15-18(21)3)16-19-9-6-5-7-10-19/h5-11,13,17-18,21,24H,12,14-16H2,1-4H3/t18-,21-/m1/s1. The van der Waals surface area contributed by atoms with Gasteiger partial charge >= 0.3 is 0 Å². The number of aromatic nitrogens is 1. The van der Waals surface area contributed by atoms with Crippen LogP contribution in [0.1, 0.15) is 32.8 Å². The molecule has 1 fully saturated rings. The summed E-state index contributed by atoms with van der Waals surface area (Å²) in [5, 5.41) is 3.54. The van der Waals surface area contributed by atoms with Crippen molar-refractivity contribution >= 4 is 11.5 Å². The first-order valence-corrected chi connectivity index (χ1v) is 9.75. The number of anilines is 2. The van der Waals surface area contributed by atoms with Gasteiger partial charge in [0.15, 0.2) is 5.82 Å². The Morgan fingerprint density at radius 2 is 1.96 bits per heavy atom. The minimum Gasteiger partial charge on any atom is -0.380 e. The van der Waals surface area contributed by atoms with Gasteiger partial charge in [-0.2, -0.15) is 0 Å². The number of hydrogen-bond acceptors (Lipinski definition) is 4. The summed E-state index contributed by atoms with van der Waals surface area (Å²) in [6.07, 6.45) is 3.06. The Morgan fingerprint density at radius 1 is 1.19 bits per heavy atom. The van der Waals surface area contributed by atoms with Crippen LogP contribution in [0, 0.1) is 5.92 Å². The van der Waals surface area contributed by atoms with E-state index in [2.05, 4.69) is 84.3 Å². The Balaban J connectivity index is 1.66. The Labute approximate surface area is 158 Å². The largest absolute Gasteiger partial charge is 0.380 e. The van der Waals surface area contributed by atoms with E-state index in [1.165, 1.54) is 12.0 Å². The molecule has 0 spiro atoms. The third-order valence-electron chi connectivity index (χ3n) is 5.26. The second-order valence-electron chi connectivity index (χ2n) is 7.84. The van der Waals surface area contributed by atoms with Crippen LogP contribution in [0.2, 0.25) is 0 Å². The van der Waals surface area contributed by atoms with Crippen LogP contribution in [-0.4, -0.2) is 42.1 Å². The molecule has 1 aromatic heterocycles. The van der Waals surface area contributed by atoms with Crippen molar-refractivity contribution in [2.24, 2.45) is 5.92 Å². The molecule has 4 heteroatoms. The third kappa shape index (κ3) is 4.55. The van der Waals surface area contributed by atoms with Crippen LogP contribution in [0.3, 0.4) is 0 Å². The van der Waals surface area contributed by atoms with E-state index in [-0.39, 0.29) is 0 Å². The van der Waals surface area contributed by atoms with Gasteiger partial charge in [0.1, 0.15) is 0 Å². The maximum Gasteiger partial charge on any atom is 0.151 e. The topological polar surface area (TPSA) is 31.4 Å². The molecular formula is C22H32N4. The van der Waals surface area contributed by atoms with Crippen molar-refractivity contribution in [1.82, 2.24) is 9.88 Å². The summed E-state index contributed by atoms with van der Waals surface area (Å²) >= 11 is 0. The van der Waals surface area contributed by atoms with Gasteiger partial charge in [0.25, 0.3) is 0 Å². The van der Waals surface area contributed by atoms with E-state index in [4.69, 9.17) is 0 Å². The van der Waals surface area contributed by atoms with Crippen LogP contribution in [0.5, 0.6) is 0 Å². The Morgan fingerprint density at radius 3 is 2.65 bits per heavy atom. The van der Waals surface area contributed by atoms with E-state index in [9.17, 15) is 0 Å². The molecule has 0 amide bonds. The molecule has 140 valence electrons. The summed E-state index contributed by atoms with van der Waals surface area (Å²) in [6, 6.07) is 15.8. The van der Waals surface area contributed by atoms with Gasteiger partial charge in [-0.25, -0.2) is 4.98 Å². The van der Waals surface area contributed by atoms with Gasteiger partial charge < -0.3 is 10.2 Å². The summed E-state index contributed by atoms with van der Waals surface area (Å²) < 4.78 is 0. The zero-order valence-corrected chi connectivity index (χ0v) is 16.5. The number of rotatable bonds is 6. The third-order valence-corrected chi connectivity index (χ3v) is 5.26. The fourth-order valence-corrected chi connectivity index (χ4v) is 4.04. The molecule has 0 bridgehead atoms. The molecule has 3 rings (SSSR count). The van der Waals surface area contributed by atoms with E-state index >= 15 is 0 Å². The molecule has 2 atom stereocenters. The second-order valence-corrected chi connectivity index (χ2v) is 7.84. The lowest BCUT2D eigenvalue weighted by atomic mass is 9.92. The number of hydrogen-bond donors (Lipinski definition) is 1. The molecule has 0 unspecified atom stereocenters. The molecular weight excluding hydrogens is 320 g/mol. The minimum absolute atomic E-state index is 0.400. The van der Waals surface area contributed by atoms with E-state index in [1.807, 2.05) is 12.3 Å². The molecule has 4 nitrogen and oxygen atoms in total. The highest BCUT2D eigenvalue weighted by atomic mass is 15.2. The van der Waals surface area contributed by atoms with E-state index in [1.54, 1.807) is 0 Å². The predicted octanol–water partition coefficient (Wildman–Crippen LogP) is 4.25. The van der Waals surface area contributed by atoms with Gasteiger partial charge in [-0.3, -0.25) is 4.90 Å². The zero-order chi connectivity index (χ0) is 18.5. The second kappa shape index (κ2) is 8.54. The molecule has 2 heterocycles. The van der Waals surface area contributed by atoms with Crippen LogP contribution >= 0.6 is 0 Å². The number of pyridine rings is 1. The van der Waals surface area contributed by atoms with E-state index < -0.39 is 0 Å². The summed E-state index contributed by atoms with van der Waals surface area (Å²) in [7, 11) is 2.20. The SMILES string of the molecule is CC(C)Nc1cccnc1N(C)[C@@H]1CCN(Cc2ccccc2)C[C@H]1C. The molecule has 2 aromatic rings. The lowest BCUT2D eigenvalue weighted by molar-refractivity contribution is 0.155. The van der Waals surface area contributed by atoms with Crippen LogP contribution in [0.15, 0.2) is 48.7 Å². The van der Waals surface area contributed by atoms with Crippen LogP contribution < -0.4 is 10.2 Å². The molecule has 1 aliphatic heterocycles. The van der Waals surface area contributed by atoms with Crippen LogP contribution in [0.4, 0.5) is 11.5 Å². The Hall–Kier alpha value is -2.07. The maximum atomic E-state index is 4.68. The van der Waals surface area contributed by atoms with Crippen molar-refractivity contribution < 1.29 is 0 Å². The average Bonchev–Trinajstić information content (AvgIpc) is 2.62. The summed E-state index contributed by atoms with van der Waals surface area (Å²) in [5.74, 6) is 1.67. The van der Waals surface area contributed by atoms with Gasteiger partial charge in [-0.15, -0.1) is 0 Å². The van der Waals surface area contributed by atoms with Gasteiger partial charge in [0, 0.05) is 45.0 Å². The zero-order valence-electron chi connectivity index (χ0n) is 16.5. The number of benzene rings is 1. The van der Waals surface area contributed by atoms with Crippen molar-refractivity contribution in [2.75, 3.05) is 30.4 Å². The summed E-state index contributed by atoms with van der Waals surface area (Å²) in [5.41, 5.74) is 2.53. The quantitative estimate of drug-likeness (QED) is 0.842. The molecule has 1 aliphatic rings. The molecule has 1 N–H and O–H groups in total. The summed E-state index contributed by atoms with van der Waals surface area (Å²) in [6.45, 7) is 10.0. The lowest BCUT2D eigenvalue weighted by Gasteiger charge is -2.42. The highest BCUT2D eigenvalue weighted by molar-refractivity contribution is 5.65. The fourth-order valence-electron chi connectivity index (χ4n) is 4.04. The number of likely N-dealkylation sites (tertiary alicyclic amines) is 1. The molecule has 1 aromatic carbocycles. The van der Waals surface area contributed by atoms with Crippen LogP contribution in [-0.2, 0) is 6.54 Å². The first-order chi connectivity index (χ1) is 12.5. The van der Waals surface area contributed by atoms with Crippen molar-refractivity contribution in [1.29, 1.82) is 0 Å². The first kappa shape index (κ1) is 18.7. The minimum atomic E-state index is 0.400. The van der Waals surface area contributed by atoms with E-state index in [0.717, 1.165) is 31.1 Å². The fraction of sp³-hybridized carbons (Fsp3) is 0.500. The first-order valence-electron chi connectivity index (χ1n) is 9.75. The highest BCUT2D eigenvalue weighted by Crippen LogP contribution is 2.30. The molecule has 0 aliphatic carbocycles. The van der Waals surface area contributed by atoms with Gasteiger partial charge in [-0.05, 0) is 43.9 Å². The lowest BCUT2D eigenvalue weighted by Crippen LogP contribution is -2.49. The van der Waals surface area contributed by atoms with E-state index in [0.29, 0.717) is 18.0 Å². The highest BCUT2D eigenvalue weighted by Gasteiger charge is 2.30. The molecule has 1 saturated heterocycles. The molecule has 0 radical (unpaired) electrons. The van der Waals surface area contributed by atoms with Crippen molar-refractivity contribution in [3.63, 3.8) is 0 Å². The number of piperidine rings is 1. The molecule has 26 heavy (non-hydrogen) atoms. The van der Waals surface area contributed by atoms with Crippen LogP contribution in [0.25, 0.3) is 0 Å². The summed E-state index contributed by atoms with van der Waals surface area (Å²) in [4.78, 5) is 9.64. The van der Waals surface area contributed by atoms with Crippen molar-refractivity contribution in [3.05, 3.63) is 54.2 Å². The smallest absolute Gasteiger partial charge is 0.151 e. The molecule has 0 saturated carbocycles. The predicted molar refractivity (Wildman–Crippen MR) is 111 cm³/mol. The van der Waals surface area contributed by atoms with Gasteiger partial charge in [0.05, 0.1) is 5.69 Å². The van der Waals surface area contributed by atoms with Crippen molar-refractivity contribution in [2.45, 2.75) is 45.8 Å².